The van der Waals surface area contributed by atoms with E-state index in [1.165, 1.54) is 5.56 Å². The van der Waals surface area contributed by atoms with Gasteiger partial charge in [0.2, 0.25) is 0 Å². The van der Waals surface area contributed by atoms with E-state index >= 15 is 0 Å². The molecule has 6 heteroatoms. The van der Waals surface area contributed by atoms with Gasteiger partial charge in [0.15, 0.2) is 5.96 Å². The maximum atomic E-state index is 8.90. The molecule has 0 saturated carbocycles. The molecule has 0 spiro atoms. The average molecular weight is 435 g/mol. The third kappa shape index (κ3) is 8.41. The first-order chi connectivity index (χ1) is 10.6. The molecule has 23 heavy (non-hydrogen) atoms. The van der Waals surface area contributed by atoms with Crippen LogP contribution in [0.4, 0.5) is 0 Å². The zero-order valence-electron chi connectivity index (χ0n) is 14.6. The Bertz CT molecular complexity index is 481. The normalized spacial score (nSPS) is 12.3. The van der Waals surface area contributed by atoms with Crippen LogP contribution in [0.15, 0.2) is 23.2 Å². The van der Waals surface area contributed by atoms with Gasteiger partial charge in [0.25, 0.3) is 0 Å². The molecule has 0 aliphatic heterocycles. The molecule has 0 saturated heterocycles. The lowest BCUT2D eigenvalue weighted by Gasteiger charge is -2.16. The highest BCUT2D eigenvalue weighted by Crippen LogP contribution is 2.23. The maximum Gasteiger partial charge on any atom is 0.191 e. The van der Waals surface area contributed by atoms with Gasteiger partial charge in [-0.1, -0.05) is 19.1 Å². The monoisotopic (exact) mass is 435 g/mol. The Morgan fingerprint density at radius 3 is 2.65 bits per heavy atom. The number of aliphatic imine (C=N–C) groups is 1. The quantitative estimate of drug-likeness (QED) is 0.334. The van der Waals surface area contributed by atoms with Gasteiger partial charge >= 0.3 is 0 Å². The number of aliphatic hydroxyl groups is 1. The second-order valence-electron chi connectivity index (χ2n) is 5.29. The van der Waals surface area contributed by atoms with Crippen molar-refractivity contribution < 1.29 is 9.84 Å². The van der Waals surface area contributed by atoms with E-state index in [4.69, 9.17) is 9.84 Å². The van der Waals surface area contributed by atoms with Crippen LogP contribution in [-0.2, 0) is 6.54 Å². The van der Waals surface area contributed by atoms with Crippen LogP contribution in [0, 0.1) is 6.92 Å². The number of guanidine groups is 1. The molecule has 0 aromatic heterocycles. The third-order valence-corrected chi connectivity index (χ3v) is 3.28. The average Bonchev–Trinajstić information content (AvgIpc) is 2.51. The van der Waals surface area contributed by atoms with E-state index in [-0.39, 0.29) is 36.7 Å². The first-order valence-electron chi connectivity index (χ1n) is 7.99. The molecule has 1 aromatic carbocycles. The summed E-state index contributed by atoms with van der Waals surface area (Å²) in [5, 5.41) is 15.1. The molecule has 0 aliphatic rings. The summed E-state index contributed by atoms with van der Waals surface area (Å²) in [7, 11) is 0. The van der Waals surface area contributed by atoms with Gasteiger partial charge in [0, 0.05) is 18.7 Å². The molecular weight excluding hydrogens is 405 g/mol. The molecule has 0 bridgehead atoms. The predicted octanol–water partition coefficient (Wildman–Crippen LogP) is 2.84. The molecule has 0 heterocycles. The Labute approximate surface area is 156 Å². The topological polar surface area (TPSA) is 65.9 Å². The van der Waals surface area contributed by atoms with E-state index in [9.17, 15) is 0 Å². The second kappa shape index (κ2) is 12.4. The van der Waals surface area contributed by atoms with Crippen LogP contribution in [0.5, 0.6) is 5.75 Å². The second-order valence-corrected chi connectivity index (χ2v) is 5.29. The summed E-state index contributed by atoms with van der Waals surface area (Å²) in [6.07, 6.45) is 1.16. The van der Waals surface area contributed by atoms with Gasteiger partial charge in [-0.2, -0.15) is 0 Å². The van der Waals surface area contributed by atoms with Crippen LogP contribution in [0.1, 0.15) is 38.3 Å². The van der Waals surface area contributed by atoms with Gasteiger partial charge in [-0.15, -0.1) is 24.0 Å². The number of hydrogen-bond donors (Lipinski definition) is 3. The number of halogens is 1. The summed E-state index contributed by atoms with van der Waals surface area (Å²) >= 11 is 0. The molecule has 0 aliphatic carbocycles. The van der Waals surface area contributed by atoms with Crippen molar-refractivity contribution in [3.63, 3.8) is 0 Å². The Morgan fingerprint density at radius 2 is 2.04 bits per heavy atom. The highest BCUT2D eigenvalue weighted by atomic mass is 127. The number of rotatable bonds is 8. The standard InChI is InChI=1S/C17H29N3O2.HI/c1-5-14(4)22-16-11-13(3)7-8-15(16)12-20-17(18-6-2)19-9-10-21;/h7-8,11,14,21H,5-6,9-10,12H2,1-4H3,(H2,18,19,20);1H. The van der Waals surface area contributed by atoms with Crippen LogP contribution >= 0.6 is 24.0 Å². The first-order valence-corrected chi connectivity index (χ1v) is 7.99. The van der Waals surface area contributed by atoms with Gasteiger partial charge in [-0.3, -0.25) is 0 Å². The fourth-order valence-corrected chi connectivity index (χ4v) is 1.88. The van der Waals surface area contributed by atoms with Gasteiger partial charge in [-0.25, -0.2) is 4.99 Å². The minimum Gasteiger partial charge on any atom is -0.490 e. The molecule has 1 aromatic rings. The van der Waals surface area contributed by atoms with Crippen molar-refractivity contribution in [3.8, 4) is 5.75 Å². The van der Waals surface area contributed by atoms with Gasteiger partial charge < -0.3 is 20.5 Å². The Balaban J connectivity index is 0.00000484. The number of aryl methyl sites for hydroxylation is 1. The predicted molar refractivity (Wildman–Crippen MR) is 107 cm³/mol. The molecule has 132 valence electrons. The molecule has 3 N–H and O–H groups in total. The highest BCUT2D eigenvalue weighted by molar-refractivity contribution is 14.0. The van der Waals surface area contributed by atoms with E-state index in [0.717, 1.165) is 24.3 Å². The van der Waals surface area contributed by atoms with Gasteiger partial charge in [0.05, 0.1) is 19.3 Å². The summed E-state index contributed by atoms with van der Waals surface area (Å²) in [5.74, 6) is 1.60. The maximum absolute atomic E-state index is 8.90. The molecule has 0 amide bonds. The summed E-state index contributed by atoms with van der Waals surface area (Å²) in [4.78, 5) is 4.55. The highest BCUT2D eigenvalue weighted by Gasteiger charge is 2.08. The van der Waals surface area contributed by atoms with Gasteiger partial charge in [0.1, 0.15) is 5.75 Å². The van der Waals surface area contributed by atoms with Crippen molar-refractivity contribution in [1.29, 1.82) is 0 Å². The smallest absolute Gasteiger partial charge is 0.191 e. The molecule has 1 unspecified atom stereocenters. The van der Waals surface area contributed by atoms with Crippen LogP contribution in [0.2, 0.25) is 0 Å². The number of benzene rings is 1. The van der Waals surface area contributed by atoms with Crippen molar-refractivity contribution in [3.05, 3.63) is 29.3 Å². The SMILES string of the molecule is CCNC(=NCc1ccc(C)cc1OC(C)CC)NCCO.I. The molecule has 1 atom stereocenters. The van der Waals surface area contributed by atoms with E-state index in [2.05, 4.69) is 54.6 Å². The fourth-order valence-electron chi connectivity index (χ4n) is 1.88. The molecule has 1 rings (SSSR count). The Morgan fingerprint density at radius 1 is 1.30 bits per heavy atom. The summed E-state index contributed by atoms with van der Waals surface area (Å²) in [6.45, 7) is 10.1. The zero-order chi connectivity index (χ0) is 16.4. The van der Waals surface area contributed by atoms with Crippen molar-refractivity contribution in [2.45, 2.75) is 46.8 Å². The zero-order valence-corrected chi connectivity index (χ0v) is 16.9. The number of nitrogens with zero attached hydrogens (tertiary/aromatic N) is 1. The van der Waals surface area contributed by atoms with E-state index in [1.807, 2.05) is 6.92 Å². The lowest BCUT2D eigenvalue weighted by atomic mass is 10.1. The van der Waals surface area contributed by atoms with Crippen LogP contribution in [0.25, 0.3) is 0 Å². The van der Waals surface area contributed by atoms with Crippen molar-refractivity contribution in [2.24, 2.45) is 4.99 Å². The van der Waals surface area contributed by atoms with Crippen LogP contribution in [-0.4, -0.2) is 36.9 Å². The number of ether oxygens (including phenoxy) is 1. The van der Waals surface area contributed by atoms with E-state index in [0.29, 0.717) is 19.0 Å². The largest absolute Gasteiger partial charge is 0.490 e. The minimum absolute atomic E-state index is 0. The summed E-state index contributed by atoms with van der Waals surface area (Å²) in [6, 6.07) is 6.19. The van der Waals surface area contributed by atoms with Gasteiger partial charge in [-0.05, 0) is 38.8 Å². The summed E-state index contributed by atoms with van der Waals surface area (Å²) in [5.41, 5.74) is 2.24. The van der Waals surface area contributed by atoms with E-state index in [1.54, 1.807) is 0 Å². The number of hydrogen-bond acceptors (Lipinski definition) is 3. The van der Waals surface area contributed by atoms with E-state index < -0.39 is 0 Å². The lowest BCUT2D eigenvalue weighted by Crippen LogP contribution is -2.38. The molecule has 0 fully saturated rings. The minimum atomic E-state index is 0. The van der Waals surface area contributed by atoms with Crippen LogP contribution < -0.4 is 15.4 Å². The van der Waals surface area contributed by atoms with Crippen LogP contribution in [0.3, 0.4) is 0 Å². The number of aliphatic hydroxyl groups excluding tert-OH is 1. The molecule has 5 nitrogen and oxygen atoms in total. The summed E-state index contributed by atoms with van der Waals surface area (Å²) < 4.78 is 6.00. The fraction of sp³-hybridized carbons (Fsp3) is 0.588. The van der Waals surface area contributed by atoms with Crippen molar-refractivity contribution >= 4 is 29.9 Å². The van der Waals surface area contributed by atoms with Crippen molar-refractivity contribution in [1.82, 2.24) is 10.6 Å². The molecular formula is C17H30IN3O2. The third-order valence-electron chi connectivity index (χ3n) is 3.28. The van der Waals surface area contributed by atoms with Crippen molar-refractivity contribution in [2.75, 3.05) is 19.7 Å². The Hall–Kier alpha value is -1.02. The first kappa shape index (κ1) is 22.0. The Kier molecular flexibility index (Phi) is 11.9. The lowest BCUT2D eigenvalue weighted by molar-refractivity contribution is 0.215. The molecule has 0 radical (unpaired) electrons. The number of nitrogens with one attached hydrogen (secondary N) is 2.